The van der Waals surface area contributed by atoms with Crippen molar-refractivity contribution in [2.75, 3.05) is 20.3 Å². The van der Waals surface area contributed by atoms with Gasteiger partial charge in [0.25, 0.3) is 0 Å². The number of benzene rings is 1. The van der Waals surface area contributed by atoms with E-state index in [0.29, 0.717) is 12.8 Å². The highest BCUT2D eigenvalue weighted by Gasteiger charge is 2.51. The van der Waals surface area contributed by atoms with E-state index in [-0.39, 0.29) is 13.2 Å². The summed E-state index contributed by atoms with van der Waals surface area (Å²) in [6, 6.07) is 9.72. The summed E-state index contributed by atoms with van der Waals surface area (Å²) in [5.41, 5.74) is -0.356. The summed E-state index contributed by atoms with van der Waals surface area (Å²) >= 11 is 0. The number of likely N-dealkylation sites (tertiary alicyclic amines) is 1. The Morgan fingerprint density at radius 1 is 1.28 bits per heavy atom. The molecule has 0 radical (unpaired) electrons. The lowest BCUT2D eigenvalue weighted by atomic mass is 9.86. The maximum Gasteiger partial charge on any atom is 0.410 e. The highest BCUT2D eigenvalue weighted by Crippen LogP contribution is 2.38. The first kappa shape index (κ1) is 19.2. The predicted octanol–water partition coefficient (Wildman–Crippen LogP) is 2.96. The number of methoxy groups -OCH3 is 1. The van der Waals surface area contributed by atoms with Gasteiger partial charge in [0.2, 0.25) is 0 Å². The van der Waals surface area contributed by atoms with E-state index in [9.17, 15) is 14.7 Å². The minimum Gasteiger partial charge on any atom is -0.481 e. The van der Waals surface area contributed by atoms with E-state index in [1.54, 1.807) is 32.8 Å². The normalized spacial score (nSPS) is 23.5. The summed E-state index contributed by atoms with van der Waals surface area (Å²) in [7, 11) is 1.56. The van der Waals surface area contributed by atoms with Crippen LogP contribution in [0, 0.1) is 5.92 Å². The van der Waals surface area contributed by atoms with E-state index in [0.717, 1.165) is 5.56 Å². The Bertz CT molecular complexity index is 610. The molecule has 2 atom stereocenters. The minimum atomic E-state index is -0.903. The average Bonchev–Trinajstić information content (AvgIpc) is 2.86. The van der Waals surface area contributed by atoms with Crippen molar-refractivity contribution in [3.8, 4) is 0 Å². The van der Waals surface area contributed by atoms with Gasteiger partial charge < -0.3 is 14.6 Å². The van der Waals surface area contributed by atoms with Crippen molar-refractivity contribution in [2.45, 2.75) is 44.8 Å². The number of nitrogens with zero attached hydrogens (tertiary/aromatic N) is 1. The van der Waals surface area contributed by atoms with Crippen LogP contribution >= 0.6 is 0 Å². The number of carbonyl (C=O) groups is 2. The molecule has 0 aliphatic carbocycles. The van der Waals surface area contributed by atoms with Crippen LogP contribution in [0.5, 0.6) is 0 Å². The fraction of sp³-hybridized carbons (Fsp3) is 0.579. The molecule has 0 unspecified atom stereocenters. The van der Waals surface area contributed by atoms with Crippen molar-refractivity contribution < 1.29 is 24.2 Å². The van der Waals surface area contributed by atoms with Crippen LogP contribution in [0.3, 0.4) is 0 Å². The van der Waals surface area contributed by atoms with Crippen molar-refractivity contribution in [3.63, 3.8) is 0 Å². The number of hydrogen-bond acceptors (Lipinski definition) is 4. The third kappa shape index (κ3) is 4.72. The molecule has 1 aromatic rings. The molecule has 1 aliphatic heterocycles. The molecule has 1 N–H and O–H groups in total. The maximum absolute atomic E-state index is 12.8. The number of carboxylic acid groups (broad SMARTS) is 1. The fourth-order valence-electron chi connectivity index (χ4n) is 3.40. The Morgan fingerprint density at radius 3 is 2.44 bits per heavy atom. The van der Waals surface area contributed by atoms with Crippen LogP contribution < -0.4 is 0 Å². The molecular weight excluding hydrogens is 322 g/mol. The molecular formula is C19H27NO5. The molecule has 0 aromatic heterocycles. The second-order valence-electron chi connectivity index (χ2n) is 7.65. The van der Waals surface area contributed by atoms with Crippen LogP contribution in [-0.4, -0.2) is 53.5 Å². The molecule has 1 fully saturated rings. The lowest BCUT2D eigenvalue weighted by Crippen LogP contribution is -2.53. The maximum atomic E-state index is 12.8. The van der Waals surface area contributed by atoms with Gasteiger partial charge in [-0.1, -0.05) is 30.3 Å². The smallest absolute Gasteiger partial charge is 0.410 e. The quantitative estimate of drug-likeness (QED) is 0.884. The molecule has 1 aromatic carbocycles. The first-order valence-electron chi connectivity index (χ1n) is 8.43. The van der Waals surface area contributed by atoms with Crippen molar-refractivity contribution in [3.05, 3.63) is 35.9 Å². The van der Waals surface area contributed by atoms with Crippen molar-refractivity contribution in [1.29, 1.82) is 0 Å². The van der Waals surface area contributed by atoms with Crippen LogP contribution in [-0.2, 0) is 20.7 Å². The lowest BCUT2D eigenvalue weighted by Gasteiger charge is -2.38. The molecule has 0 bridgehead atoms. The zero-order valence-corrected chi connectivity index (χ0v) is 15.3. The number of carbonyl (C=O) groups excluding carboxylic acids is 1. The molecule has 0 spiro atoms. The van der Waals surface area contributed by atoms with Gasteiger partial charge in [0.05, 0.1) is 18.1 Å². The molecule has 0 saturated carbocycles. The van der Waals surface area contributed by atoms with Gasteiger partial charge in [-0.2, -0.15) is 0 Å². The summed E-state index contributed by atoms with van der Waals surface area (Å²) in [6.45, 7) is 5.77. The van der Waals surface area contributed by atoms with Crippen molar-refractivity contribution >= 4 is 12.1 Å². The second-order valence-corrected chi connectivity index (χ2v) is 7.65. The van der Waals surface area contributed by atoms with E-state index in [2.05, 4.69) is 0 Å². The highest BCUT2D eigenvalue weighted by molar-refractivity contribution is 5.75. The van der Waals surface area contributed by atoms with Gasteiger partial charge in [-0.15, -0.1) is 0 Å². The first-order chi connectivity index (χ1) is 11.7. The van der Waals surface area contributed by atoms with E-state index in [4.69, 9.17) is 9.47 Å². The monoisotopic (exact) mass is 349 g/mol. The zero-order chi connectivity index (χ0) is 18.7. The van der Waals surface area contributed by atoms with Gasteiger partial charge in [0, 0.05) is 13.7 Å². The van der Waals surface area contributed by atoms with Gasteiger partial charge in [-0.3, -0.25) is 9.69 Å². The fourth-order valence-corrected chi connectivity index (χ4v) is 3.40. The summed E-state index contributed by atoms with van der Waals surface area (Å²) < 4.78 is 10.9. The lowest BCUT2D eigenvalue weighted by molar-refractivity contribution is -0.141. The standard InChI is InChI=1S/C19H27NO5/c1-18(2,3)25-17(23)20-12-15(16(21)22)11-19(20,13-24-4)10-14-8-6-5-7-9-14/h5-9,15H,10-13H2,1-4H3,(H,21,22)/t15-,19+/m0/s1. The molecule has 25 heavy (non-hydrogen) atoms. The number of ether oxygens (including phenoxy) is 2. The van der Waals surface area contributed by atoms with Crippen LogP contribution in [0.25, 0.3) is 0 Å². The molecule has 6 nitrogen and oxygen atoms in total. The van der Waals surface area contributed by atoms with Crippen LogP contribution in [0.15, 0.2) is 30.3 Å². The Hall–Kier alpha value is -2.08. The third-order valence-corrected chi connectivity index (χ3v) is 4.35. The topological polar surface area (TPSA) is 76.1 Å². The van der Waals surface area contributed by atoms with Crippen molar-refractivity contribution in [1.82, 2.24) is 4.90 Å². The molecule has 1 saturated heterocycles. The Balaban J connectivity index is 2.36. The zero-order valence-electron chi connectivity index (χ0n) is 15.3. The largest absolute Gasteiger partial charge is 0.481 e. The number of carboxylic acids is 1. The van der Waals surface area contributed by atoms with E-state index >= 15 is 0 Å². The highest BCUT2D eigenvalue weighted by atomic mass is 16.6. The third-order valence-electron chi connectivity index (χ3n) is 4.35. The number of amides is 1. The molecule has 1 aliphatic rings. The average molecular weight is 349 g/mol. The minimum absolute atomic E-state index is 0.125. The van der Waals surface area contributed by atoms with E-state index in [1.165, 1.54) is 0 Å². The summed E-state index contributed by atoms with van der Waals surface area (Å²) in [6.07, 6.45) is 0.360. The SMILES string of the molecule is COC[C@@]1(Cc2ccccc2)C[C@H](C(=O)O)CN1C(=O)OC(C)(C)C. The van der Waals surface area contributed by atoms with Gasteiger partial charge in [-0.25, -0.2) is 4.79 Å². The molecule has 6 heteroatoms. The predicted molar refractivity (Wildman–Crippen MR) is 93.4 cm³/mol. The first-order valence-corrected chi connectivity index (χ1v) is 8.43. The second kappa shape index (κ2) is 7.44. The van der Waals surface area contributed by atoms with Crippen molar-refractivity contribution in [2.24, 2.45) is 5.92 Å². The van der Waals surface area contributed by atoms with Crippen LogP contribution in [0.2, 0.25) is 0 Å². The van der Waals surface area contributed by atoms with E-state index in [1.807, 2.05) is 30.3 Å². The molecule has 1 heterocycles. The van der Waals surface area contributed by atoms with Gasteiger partial charge in [0.1, 0.15) is 5.60 Å². The van der Waals surface area contributed by atoms with E-state index < -0.39 is 29.1 Å². The Kier molecular flexibility index (Phi) is 5.72. The van der Waals surface area contributed by atoms with Gasteiger partial charge >= 0.3 is 12.1 Å². The number of hydrogen-bond donors (Lipinski definition) is 1. The molecule has 1 amide bonds. The van der Waals surface area contributed by atoms with Gasteiger partial charge in [-0.05, 0) is 39.2 Å². The number of rotatable bonds is 5. The number of aliphatic carboxylic acids is 1. The summed E-state index contributed by atoms with van der Waals surface area (Å²) in [5, 5.41) is 9.49. The summed E-state index contributed by atoms with van der Waals surface area (Å²) in [4.78, 5) is 25.9. The summed E-state index contributed by atoms with van der Waals surface area (Å²) in [5.74, 6) is -1.54. The van der Waals surface area contributed by atoms with Crippen LogP contribution in [0.1, 0.15) is 32.8 Å². The van der Waals surface area contributed by atoms with Gasteiger partial charge in [0.15, 0.2) is 0 Å². The molecule has 2 rings (SSSR count). The molecule has 138 valence electrons. The Morgan fingerprint density at radius 2 is 1.92 bits per heavy atom. The Labute approximate surface area is 148 Å². The van der Waals surface area contributed by atoms with Crippen LogP contribution in [0.4, 0.5) is 4.79 Å².